The molecule has 0 unspecified atom stereocenters. The topological polar surface area (TPSA) is 57.3 Å². The summed E-state index contributed by atoms with van der Waals surface area (Å²) >= 11 is 10.9. The highest BCUT2D eigenvalue weighted by atomic mass is 79.9. The van der Waals surface area contributed by atoms with Crippen molar-refractivity contribution in [2.75, 3.05) is 11.9 Å². The Kier molecular flexibility index (Phi) is 6.22. The van der Waals surface area contributed by atoms with Gasteiger partial charge in [0.25, 0.3) is 0 Å². The SMILES string of the molecule is O=C(CCN1C(=S)N[C@@H](c2ccccn2)[C@H]1c1ccc(Br)s1)Nc1ccccc1. The first-order valence-electron chi connectivity index (χ1n) is 9.20. The zero-order chi connectivity index (χ0) is 20.2. The summed E-state index contributed by atoms with van der Waals surface area (Å²) in [7, 11) is 0. The molecule has 5 nitrogen and oxygen atoms in total. The summed E-state index contributed by atoms with van der Waals surface area (Å²) in [6.45, 7) is 0.522. The maximum atomic E-state index is 12.5. The molecule has 3 aromatic rings. The molecule has 2 aromatic heterocycles. The van der Waals surface area contributed by atoms with Crippen LogP contribution in [0.2, 0.25) is 0 Å². The largest absolute Gasteiger partial charge is 0.352 e. The zero-order valence-corrected chi connectivity index (χ0v) is 18.6. The van der Waals surface area contributed by atoms with Crippen molar-refractivity contribution in [3.05, 3.63) is 81.2 Å². The van der Waals surface area contributed by atoms with Gasteiger partial charge in [0, 0.05) is 29.7 Å². The van der Waals surface area contributed by atoms with E-state index >= 15 is 0 Å². The van der Waals surface area contributed by atoms with E-state index in [0.717, 1.165) is 15.2 Å². The second-order valence-corrected chi connectivity index (χ2v) is 9.51. The van der Waals surface area contributed by atoms with Gasteiger partial charge in [0.1, 0.15) is 0 Å². The number of nitrogens with one attached hydrogen (secondary N) is 2. The van der Waals surface area contributed by atoms with Gasteiger partial charge in [-0.2, -0.15) is 0 Å². The van der Waals surface area contributed by atoms with E-state index in [0.29, 0.717) is 18.1 Å². The lowest BCUT2D eigenvalue weighted by Gasteiger charge is -2.26. The molecule has 8 heteroatoms. The van der Waals surface area contributed by atoms with Crippen LogP contribution in [0.25, 0.3) is 0 Å². The van der Waals surface area contributed by atoms with Crippen LogP contribution in [0.1, 0.15) is 29.1 Å². The van der Waals surface area contributed by atoms with Gasteiger partial charge in [0.15, 0.2) is 5.11 Å². The second kappa shape index (κ2) is 9.02. The molecule has 4 rings (SSSR count). The van der Waals surface area contributed by atoms with Gasteiger partial charge in [-0.1, -0.05) is 24.3 Å². The van der Waals surface area contributed by atoms with E-state index in [2.05, 4.69) is 42.5 Å². The van der Waals surface area contributed by atoms with Crippen LogP contribution in [0.15, 0.2) is 70.6 Å². The molecule has 0 bridgehead atoms. The summed E-state index contributed by atoms with van der Waals surface area (Å²) in [5.74, 6) is -0.0357. The maximum Gasteiger partial charge on any atom is 0.226 e. The van der Waals surface area contributed by atoms with Gasteiger partial charge in [-0.15, -0.1) is 11.3 Å². The fraction of sp³-hybridized carbons (Fsp3) is 0.190. The minimum Gasteiger partial charge on any atom is -0.352 e. The number of pyridine rings is 1. The minimum absolute atomic E-state index is 0.0155. The number of benzene rings is 1. The van der Waals surface area contributed by atoms with Gasteiger partial charge in [0.2, 0.25) is 5.91 Å². The lowest BCUT2D eigenvalue weighted by molar-refractivity contribution is -0.116. The number of thiocarbonyl (C=S) groups is 1. The van der Waals surface area contributed by atoms with Crippen LogP contribution in [0.4, 0.5) is 5.69 Å². The summed E-state index contributed by atoms with van der Waals surface area (Å²) in [5, 5.41) is 6.98. The average Bonchev–Trinajstić information content (AvgIpc) is 3.30. The Hall–Kier alpha value is -2.29. The summed E-state index contributed by atoms with van der Waals surface area (Å²) in [4.78, 5) is 20.2. The van der Waals surface area contributed by atoms with Gasteiger partial charge in [-0.3, -0.25) is 9.78 Å². The molecular weight excluding hydrogens is 468 g/mol. The normalized spacial score (nSPS) is 18.5. The number of amides is 1. The Morgan fingerprint density at radius 1 is 1.17 bits per heavy atom. The Balaban J connectivity index is 1.52. The monoisotopic (exact) mass is 486 g/mol. The van der Waals surface area contributed by atoms with Crippen LogP contribution in [-0.2, 0) is 4.79 Å². The molecule has 29 heavy (non-hydrogen) atoms. The smallest absolute Gasteiger partial charge is 0.226 e. The quantitative estimate of drug-likeness (QED) is 0.484. The summed E-state index contributed by atoms with van der Waals surface area (Å²) in [5.41, 5.74) is 1.73. The van der Waals surface area contributed by atoms with Crippen molar-refractivity contribution in [3.63, 3.8) is 0 Å². The van der Waals surface area contributed by atoms with E-state index in [4.69, 9.17) is 12.2 Å². The number of hydrogen-bond acceptors (Lipinski definition) is 4. The lowest BCUT2D eigenvalue weighted by Crippen LogP contribution is -2.32. The molecule has 1 aliphatic heterocycles. The van der Waals surface area contributed by atoms with Gasteiger partial charge >= 0.3 is 0 Å². The van der Waals surface area contributed by atoms with E-state index in [1.54, 1.807) is 17.5 Å². The van der Waals surface area contributed by atoms with E-state index in [9.17, 15) is 4.79 Å². The van der Waals surface area contributed by atoms with Crippen molar-refractivity contribution >= 4 is 56.2 Å². The van der Waals surface area contributed by atoms with Gasteiger partial charge in [-0.25, -0.2) is 0 Å². The summed E-state index contributed by atoms with van der Waals surface area (Å²) in [6, 6.07) is 19.4. The number of aromatic nitrogens is 1. The number of para-hydroxylation sites is 1. The molecule has 0 spiro atoms. The van der Waals surface area contributed by atoms with E-state index in [-0.39, 0.29) is 18.0 Å². The number of halogens is 1. The van der Waals surface area contributed by atoms with Crippen LogP contribution in [0.5, 0.6) is 0 Å². The molecule has 1 aromatic carbocycles. The highest BCUT2D eigenvalue weighted by Crippen LogP contribution is 2.42. The predicted molar refractivity (Wildman–Crippen MR) is 124 cm³/mol. The second-order valence-electron chi connectivity index (χ2n) is 6.63. The fourth-order valence-electron chi connectivity index (χ4n) is 3.41. The highest BCUT2D eigenvalue weighted by molar-refractivity contribution is 9.11. The third-order valence-corrected chi connectivity index (χ3v) is 6.77. The summed E-state index contributed by atoms with van der Waals surface area (Å²) in [6.07, 6.45) is 2.13. The predicted octanol–water partition coefficient (Wildman–Crippen LogP) is 4.91. The fourth-order valence-corrected chi connectivity index (χ4v) is 5.32. The van der Waals surface area contributed by atoms with Crippen LogP contribution < -0.4 is 10.6 Å². The molecule has 0 radical (unpaired) electrons. The molecule has 2 N–H and O–H groups in total. The van der Waals surface area contributed by atoms with Gasteiger partial charge in [0.05, 0.1) is 21.6 Å². The number of anilines is 1. The van der Waals surface area contributed by atoms with Crippen LogP contribution in [-0.4, -0.2) is 27.4 Å². The molecule has 1 aliphatic rings. The third kappa shape index (κ3) is 4.66. The Labute approximate surface area is 187 Å². The first-order valence-corrected chi connectivity index (χ1v) is 11.2. The van der Waals surface area contributed by atoms with Crippen molar-refractivity contribution in [2.45, 2.75) is 18.5 Å². The van der Waals surface area contributed by atoms with E-state index < -0.39 is 0 Å². The molecule has 1 saturated heterocycles. The number of carbonyl (C=O) groups is 1. The number of hydrogen-bond donors (Lipinski definition) is 2. The third-order valence-electron chi connectivity index (χ3n) is 4.72. The Morgan fingerprint density at radius 3 is 2.66 bits per heavy atom. The van der Waals surface area contributed by atoms with Gasteiger partial charge in [-0.05, 0) is 64.5 Å². The Bertz CT molecular complexity index is 996. The number of nitrogens with zero attached hydrogens (tertiary/aromatic N) is 2. The van der Waals surface area contributed by atoms with Crippen LogP contribution >= 0.6 is 39.5 Å². The molecule has 2 atom stereocenters. The van der Waals surface area contributed by atoms with Crippen molar-refractivity contribution < 1.29 is 4.79 Å². The number of rotatable bonds is 6. The Morgan fingerprint density at radius 2 is 1.97 bits per heavy atom. The summed E-state index contributed by atoms with van der Waals surface area (Å²) < 4.78 is 1.06. The first-order chi connectivity index (χ1) is 14.1. The average molecular weight is 487 g/mol. The van der Waals surface area contributed by atoms with Crippen molar-refractivity contribution in [2.24, 2.45) is 0 Å². The molecule has 3 heterocycles. The zero-order valence-electron chi connectivity index (χ0n) is 15.4. The first kappa shape index (κ1) is 20.0. The number of carbonyl (C=O) groups excluding carboxylic acids is 1. The molecule has 0 saturated carbocycles. The molecular formula is C21H19BrN4OS2. The lowest BCUT2D eigenvalue weighted by atomic mass is 10.0. The molecule has 0 aliphatic carbocycles. The standard InChI is InChI=1S/C21H19BrN4OS2/c22-17-10-9-16(29-17)20-19(15-8-4-5-12-23-15)25-21(28)26(20)13-11-18(27)24-14-6-2-1-3-7-14/h1-10,12,19-20H,11,13H2,(H,24,27)(H,25,28)/t19-,20+/m0/s1. The van der Waals surface area contributed by atoms with Gasteiger partial charge < -0.3 is 15.5 Å². The maximum absolute atomic E-state index is 12.5. The van der Waals surface area contributed by atoms with E-state index in [1.807, 2.05) is 54.6 Å². The van der Waals surface area contributed by atoms with Crippen molar-refractivity contribution in [3.8, 4) is 0 Å². The number of thiophene rings is 1. The minimum atomic E-state index is -0.0635. The molecule has 1 fully saturated rings. The molecule has 1 amide bonds. The highest BCUT2D eigenvalue weighted by Gasteiger charge is 2.40. The van der Waals surface area contributed by atoms with E-state index in [1.165, 1.54) is 4.88 Å². The van der Waals surface area contributed by atoms with Crippen molar-refractivity contribution in [1.29, 1.82) is 0 Å². The van der Waals surface area contributed by atoms with Crippen LogP contribution in [0, 0.1) is 0 Å². The van der Waals surface area contributed by atoms with Crippen molar-refractivity contribution in [1.82, 2.24) is 15.2 Å². The molecule has 148 valence electrons. The van der Waals surface area contributed by atoms with Crippen LogP contribution in [0.3, 0.4) is 0 Å².